The van der Waals surface area contributed by atoms with Crippen LogP contribution < -0.4 is 9.81 Å². The van der Waals surface area contributed by atoms with E-state index in [9.17, 15) is 0 Å². The maximum absolute atomic E-state index is 6.06. The van der Waals surface area contributed by atoms with E-state index in [1.54, 1.807) is 3.27 Å². The molecule has 0 heterocycles. The Morgan fingerprint density at radius 2 is 0.966 bits per heavy atom. The first-order valence-electron chi connectivity index (χ1n) is 20.9. The average molecular weight is 887 g/mol. The topological polar surface area (TPSA) is 0 Å². The Balaban J connectivity index is 0.00000283. The van der Waals surface area contributed by atoms with E-state index in [2.05, 4.69) is 204 Å². The van der Waals surface area contributed by atoms with E-state index in [0.717, 1.165) is 12.8 Å². The summed E-state index contributed by atoms with van der Waals surface area (Å²) < 4.78 is 12.0. The van der Waals surface area contributed by atoms with E-state index in [1.165, 1.54) is 75.9 Å². The summed E-state index contributed by atoms with van der Waals surface area (Å²) in [4.78, 5) is 0. The summed E-state index contributed by atoms with van der Waals surface area (Å²) in [5.74, 6) is 0. The molecule has 0 radical (unpaired) electrons. The number of allylic oxidation sites excluding steroid dienone is 4. The van der Waals surface area contributed by atoms with E-state index in [4.69, 9.17) is 4.21 Å². The van der Waals surface area contributed by atoms with Gasteiger partial charge >= 0.3 is 341 Å². The van der Waals surface area contributed by atoms with E-state index in [-0.39, 0.29) is 46.5 Å². The van der Waals surface area contributed by atoms with Crippen molar-refractivity contribution in [1.82, 2.24) is 0 Å². The molecule has 0 fully saturated rings. The van der Waals surface area contributed by atoms with Gasteiger partial charge in [0.2, 0.25) is 0 Å². The molecule has 0 spiro atoms. The van der Waals surface area contributed by atoms with Crippen LogP contribution in [0.5, 0.6) is 0 Å². The molecule has 3 heteroatoms. The molecule has 2 aliphatic carbocycles. The van der Waals surface area contributed by atoms with E-state index >= 15 is 0 Å². The van der Waals surface area contributed by atoms with Gasteiger partial charge in [-0.2, -0.15) is 0 Å². The third kappa shape index (κ3) is 6.81. The van der Waals surface area contributed by atoms with E-state index < -0.39 is 18.3 Å². The fraction of sp³-hybridized carbons (Fsp3) is 0.327. The summed E-state index contributed by atoms with van der Waals surface area (Å²) in [5, 5.41) is 5.13. The molecule has 0 atom stereocenters. The molecular formula is C55H64Cl2Zr. The van der Waals surface area contributed by atoms with Crippen molar-refractivity contribution in [3.8, 4) is 11.1 Å². The molecule has 6 aromatic carbocycles. The van der Waals surface area contributed by atoms with Crippen LogP contribution in [0.3, 0.4) is 0 Å². The monoisotopic (exact) mass is 884 g/mol. The van der Waals surface area contributed by atoms with Crippen LogP contribution in [0.4, 0.5) is 0 Å². The number of benzene rings is 6. The first-order valence-corrected chi connectivity index (χ1v) is 27.5. The van der Waals surface area contributed by atoms with Gasteiger partial charge in [0, 0.05) is 0 Å². The van der Waals surface area contributed by atoms with Gasteiger partial charge < -0.3 is 0 Å². The second-order valence-electron chi connectivity index (χ2n) is 21.3. The molecule has 6 aromatic rings. The van der Waals surface area contributed by atoms with Crippen molar-refractivity contribution in [3.63, 3.8) is 0 Å². The SMILES string of the molecule is Cl.Cl.[CH2]=[Zr]([C]1=CC=CC1)([c]1ccc2ccccc2c1)([c]1ccc2ccccc2c1)[c]1c2c(cc(C(C)(C)C)c1C(C)(C)C)-c1cc(C(C)(C)C)c(C(C)(C)C)cc1C2. The Morgan fingerprint density at radius 3 is 1.41 bits per heavy atom. The van der Waals surface area contributed by atoms with Crippen molar-refractivity contribution in [2.45, 2.75) is 118 Å². The summed E-state index contributed by atoms with van der Waals surface area (Å²) in [7, 11) is 0. The van der Waals surface area contributed by atoms with Gasteiger partial charge in [0.15, 0.2) is 0 Å². The third-order valence-corrected chi connectivity index (χ3v) is 29.6. The predicted octanol–water partition coefficient (Wildman–Crippen LogP) is 13.8. The number of fused-ring (bicyclic) bond motifs is 5. The van der Waals surface area contributed by atoms with Crippen LogP contribution in [0.2, 0.25) is 0 Å². The Labute approximate surface area is 362 Å². The molecular weight excluding hydrogens is 823 g/mol. The number of hydrogen-bond acceptors (Lipinski definition) is 0. The molecule has 0 bridgehead atoms. The van der Waals surface area contributed by atoms with Crippen LogP contribution in [0.1, 0.15) is 123 Å². The fourth-order valence-electron chi connectivity index (χ4n) is 10.5. The Kier molecular flexibility index (Phi) is 11.2. The zero-order valence-corrected chi connectivity index (χ0v) is 41.1. The van der Waals surface area contributed by atoms with Crippen LogP contribution in [0.25, 0.3) is 32.7 Å². The molecule has 302 valence electrons. The molecule has 0 N–H and O–H groups in total. The zero-order valence-electron chi connectivity index (χ0n) is 37.0. The van der Waals surface area contributed by atoms with Crippen LogP contribution >= 0.6 is 24.8 Å². The predicted molar refractivity (Wildman–Crippen MR) is 260 cm³/mol. The second-order valence-corrected chi connectivity index (χ2v) is 34.1. The van der Waals surface area contributed by atoms with Crippen LogP contribution in [-0.4, -0.2) is 4.21 Å². The Bertz CT molecular complexity index is 2640. The first kappa shape index (κ1) is 44.2. The minimum absolute atomic E-state index is 0. The summed E-state index contributed by atoms with van der Waals surface area (Å²) in [6.07, 6.45) is 9.04. The fourth-order valence-corrected chi connectivity index (χ4v) is 27.2. The van der Waals surface area contributed by atoms with Crippen molar-refractivity contribution >= 4 is 60.4 Å². The summed E-state index contributed by atoms with van der Waals surface area (Å²) in [6, 6.07) is 40.6. The van der Waals surface area contributed by atoms with Gasteiger partial charge in [0.25, 0.3) is 0 Å². The van der Waals surface area contributed by atoms with Crippen LogP contribution in [0.15, 0.2) is 125 Å². The molecule has 0 nitrogen and oxygen atoms in total. The quantitative estimate of drug-likeness (QED) is 0.165. The molecule has 58 heavy (non-hydrogen) atoms. The molecule has 0 saturated carbocycles. The Hall–Kier alpha value is -3.35. The summed E-state index contributed by atoms with van der Waals surface area (Å²) in [5.41, 5.74) is 11.5. The number of halogens is 2. The van der Waals surface area contributed by atoms with E-state index in [0.29, 0.717) is 0 Å². The van der Waals surface area contributed by atoms with Crippen molar-refractivity contribution in [2.24, 2.45) is 0 Å². The van der Waals surface area contributed by atoms with Gasteiger partial charge in [-0.05, 0) is 0 Å². The Morgan fingerprint density at radius 1 is 0.500 bits per heavy atom. The van der Waals surface area contributed by atoms with Gasteiger partial charge in [-0.1, -0.05) is 0 Å². The van der Waals surface area contributed by atoms with Gasteiger partial charge in [-0.15, -0.1) is 24.8 Å². The third-order valence-electron chi connectivity index (χ3n) is 13.3. The number of rotatable bonds is 4. The normalized spacial score (nSPS) is 14.5. The van der Waals surface area contributed by atoms with Crippen LogP contribution in [0, 0.1) is 0 Å². The van der Waals surface area contributed by atoms with Gasteiger partial charge in [-0.3, -0.25) is 0 Å². The molecule has 0 saturated heterocycles. The molecule has 0 amide bonds. The summed E-state index contributed by atoms with van der Waals surface area (Å²) in [6.45, 7) is 29.0. The van der Waals surface area contributed by atoms with E-state index in [1.807, 2.05) is 0 Å². The standard InChI is InChI=1S/C29H41.2C10H7.C5H5.CH2.2ClH.Zr/c1-26(2,3)22-14-18-13-19-15-23(27(4,5)6)25(29(10,11)12)17-21(19)20(18)16-24(22)28(7,8)9;2*1-2-6-10-8-4-3-7-9(10)5-1;1-2-4-5-3-1;;;;/h14,16-17H,13H2,1-12H3;2*1-3,5-8H;1-3H,4H2;1H2;2*1H;. The van der Waals surface area contributed by atoms with Crippen molar-refractivity contribution in [1.29, 1.82) is 0 Å². The van der Waals surface area contributed by atoms with Crippen molar-refractivity contribution in [3.05, 3.63) is 158 Å². The van der Waals surface area contributed by atoms with Gasteiger partial charge in [0.1, 0.15) is 0 Å². The second kappa shape index (κ2) is 14.7. The molecule has 0 aromatic heterocycles. The first-order chi connectivity index (χ1) is 26.1. The summed E-state index contributed by atoms with van der Waals surface area (Å²) >= 11 is -5.26. The van der Waals surface area contributed by atoms with Crippen molar-refractivity contribution < 1.29 is 18.3 Å². The maximum atomic E-state index is 6.06. The zero-order chi connectivity index (χ0) is 40.2. The van der Waals surface area contributed by atoms with Gasteiger partial charge in [0.05, 0.1) is 0 Å². The molecule has 0 aliphatic heterocycles. The van der Waals surface area contributed by atoms with Crippen molar-refractivity contribution in [2.75, 3.05) is 0 Å². The van der Waals surface area contributed by atoms with Crippen LogP contribution in [-0.2, 0) is 46.4 Å². The minimum atomic E-state index is -5.26. The number of hydrogen-bond donors (Lipinski definition) is 0. The van der Waals surface area contributed by atoms with Gasteiger partial charge in [-0.25, -0.2) is 0 Å². The molecule has 2 aliphatic rings. The molecule has 8 rings (SSSR count). The molecule has 0 unspecified atom stereocenters. The average Bonchev–Trinajstić information content (AvgIpc) is 3.81.